The molecule has 1 rings (SSSR count). The molecule has 0 saturated heterocycles. The fourth-order valence-electron chi connectivity index (χ4n) is 0.897. The molecule has 6 nitrogen and oxygen atoms in total. The van der Waals surface area contributed by atoms with Gasteiger partial charge >= 0.3 is 0 Å². The highest BCUT2D eigenvalue weighted by Crippen LogP contribution is 2.11. The van der Waals surface area contributed by atoms with E-state index < -0.39 is 0 Å². The Kier molecular flexibility index (Phi) is 2.67. The number of hydrogen-bond acceptors (Lipinski definition) is 5. The minimum Gasteiger partial charge on any atom is -0.308 e. The first-order chi connectivity index (χ1) is 5.83. The van der Waals surface area contributed by atoms with Gasteiger partial charge in [-0.2, -0.15) is 4.98 Å². The lowest BCUT2D eigenvalue weighted by Crippen LogP contribution is -2.73. The second-order valence-electron chi connectivity index (χ2n) is 2.10. The molecule has 0 fully saturated rings. The zero-order valence-electron chi connectivity index (χ0n) is 6.70. The van der Waals surface area contributed by atoms with Gasteiger partial charge in [-0.25, -0.2) is 10.8 Å². The molecule has 0 bridgehead atoms. The van der Waals surface area contributed by atoms with E-state index in [9.17, 15) is 0 Å². The van der Waals surface area contributed by atoms with E-state index in [1.165, 1.54) is 12.5 Å². The summed E-state index contributed by atoms with van der Waals surface area (Å²) >= 11 is 0. The number of aromatic nitrogens is 2. The van der Waals surface area contributed by atoms with Crippen LogP contribution in [0.3, 0.4) is 0 Å². The Morgan fingerprint density at radius 3 is 2.92 bits per heavy atom. The van der Waals surface area contributed by atoms with Crippen molar-refractivity contribution < 1.29 is 5.32 Å². The topological polar surface area (TPSA) is 104 Å². The summed E-state index contributed by atoms with van der Waals surface area (Å²) in [6, 6.07) is 0. The van der Waals surface area contributed by atoms with Gasteiger partial charge in [-0.15, -0.1) is 0 Å². The summed E-state index contributed by atoms with van der Waals surface area (Å²) in [5.74, 6) is 6.36. The Bertz CT molecular complexity index is 261. The summed E-state index contributed by atoms with van der Waals surface area (Å²) < 4.78 is 0. The van der Waals surface area contributed by atoms with Gasteiger partial charge in [-0.3, -0.25) is 5.32 Å². The number of nitrogen functional groups attached to an aromatic ring is 1. The predicted molar refractivity (Wildman–Crippen MR) is 45.2 cm³/mol. The Balaban J connectivity index is 3.21. The molecule has 0 aromatic carbocycles. The zero-order chi connectivity index (χ0) is 8.97. The normalized spacial score (nSPS) is 9.50. The van der Waals surface area contributed by atoms with Crippen molar-refractivity contribution >= 4 is 17.9 Å². The minimum atomic E-state index is 0.466. The van der Waals surface area contributed by atoms with Crippen LogP contribution in [0, 0.1) is 5.41 Å². The molecule has 0 saturated carbocycles. The lowest BCUT2D eigenvalue weighted by molar-refractivity contribution is -0.543. The van der Waals surface area contributed by atoms with Crippen LogP contribution < -0.4 is 16.6 Å². The summed E-state index contributed by atoms with van der Waals surface area (Å²) in [6.07, 6.45) is 2.57. The molecule has 6 N–H and O–H groups in total. The fraction of sp³-hybridized carbons (Fsp3) is 0.167. The van der Waals surface area contributed by atoms with Gasteiger partial charge in [-0.1, -0.05) is 0 Å². The van der Waals surface area contributed by atoms with Gasteiger partial charge in [0.25, 0.3) is 0 Å². The number of rotatable bonds is 3. The molecule has 0 aliphatic heterocycles. The third-order valence-electron chi connectivity index (χ3n) is 1.47. The van der Waals surface area contributed by atoms with E-state index in [-0.39, 0.29) is 0 Å². The van der Waals surface area contributed by atoms with Crippen LogP contribution in [0.5, 0.6) is 0 Å². The molecule has 0 aliphatic rings. The van der Waals surface area contributed by atoms with Gasteiger partial charge < -0.3 is 10.8 Å². The van der Waals surface area contributed by atoms with Crippen LogP contribution in [0.15, 0.2) is 6.33 Å². The molecule has 1 aromatic rings. The maximum atomic E-state index is 7.11. The summed E-state index contributed by atoms with van der Waals surface area (Å²) in [5, 5.41) is 8.91. The number of hydrogen-bond donors (Lipinski definition) is 4. The van der Waals surface area contributed by atoms with Gasteiger partial charge in [0.2, 0.25) is 5.82 Å². The van der Waals surface area contributed by atoms with E-state index in [1.54, 1.807) is 5.32 Å². The first kappa shape index (κ1) is 8.57. The fourth-order valence-corrected chi connectivity index (χ4v) is 0.897. The highest BCUT2D eigenvalue weighted by atomic mass is 15.3. The van der Waals surface area contributed by atoms with Crippen molar-refractivity contribution in [2.24, 2.45) is 5.84 Å². The Labute approximate surface area is 69.7 Å². The van der Waals surface area contributed by atoms with E-state index in [0.717, 1.165) is 0 Å². The van der Waals surface area contributed by atoms with Gasteiger partial charge in [0.15, 0.2) is 5.82 Å². The molecule has 1 aromatic heterocycles. The van der Waals surface area contributed by atoms with Crippen molar-refractivity contribution in [3.05, 3.63) is 11.9 Å². The quantitative estimate of drug-likeness (QED) is 0.252. The molecule has 6 heteroatoms. The monoisotopic (exact) mass is 167 g/mol. The van der Waals surface area contributed by atoms with Crippen LogP contribution in [0.4, 0.5) is 11.6 Å². The van der Waals surface area contributed by atoms with E-state index >= 15 is 0 Å². The molecule has 64 valence electrons. The zero-order valence-corrected chi connectivity index (χ0v) is 6.70. The Morgan fingerprint density at radius 2 is 2.42 bits per heavy atom. The van der Waals surface area contributed by atoms with Crippen molar-refractivity contribution in [3.8, 4) is 0 Å². The Hall–Kier alpha value is -1.53. The molecule has 12 heavy (non-hydrogen) atoms. The number of nitrogens with zero attached hydrogens (tertiary/aromatic N) is 2. The van der Waals surface area contributed by atoms with Crippen LogP contribution >= 0.6 is 0 Å². The first-order valence-corrected chi connectivity index (χ1v) is 3.45. The molecule has 0 spiro atoms. The minimum absolute atomic E-state index is 0.466. The second kappa shape index (κ2) is 3.74. The molecule has 0 unspecified atom stereocenters. The highest BCUT2D eigenvalue weighted by Gasteiger charge is 2.09. The van der Waals surface area contributed by atoms with Crippen LogP contribution in [0.2, 0.25) is 0 Å². The van der Waals surface area contributed by atoms with E-state index in [1.807, 2.05) is 7.05 Å². The number of nitrogens with two attached hydrogens (primary N) is 2. The van der Waals surface area contributed by atoms with Crippen molar-refractivity contribution in [1.82, 2.24) is 9.97 Å². The lowest BCUT2D eigenvalue weighted by Gasteiger charge is -2.03. The molecule has 0 aliphatic carbocycles. The standard InChI is InChI=1S/C6H10N6/c1-9-5-4(2-7)6(12-8)11-3-10-5/h2-3,7H,8H2,1H3,(H2,9,10,11,12)/p+1. The summed E-state index contributed by atoms with van der Waals surface area (Å²) in [6.45, 7) is 0. The number of anilines is 1. The Morgan fingerprint density at radius 1 is 1.67 bits per heavy atom. The summed E-state index contributed by atoms with van der Waals surface area (Å²) in [5.41, 5.74) is 3.00. The lowest BCUT2D eigenvalue weighted by atomic mass is 10.3. The van der Waals surface area contributed by atoms with E-state index in [0.29, 0.717) is 17.2 Å². The molecule has 0 amide bonds. The maximum absolute atomic E-state index is 7.11. The van der Waals surface area contributed by atoms with Crippen LogP contribution in [-0.2, 0) is 0 Å². The SMILES string of the molecule is C[NH2+]c1ncnc(NN)c1C=N. The molecule has 0 atom stereocenters. The van der Waals surface area contributed by atoms with Gasteiger partial charge in [-0.05, 0) is 0 Å². The van der Waals surface area contributed by atoms with Crippen molar-refractivity contribution in [2.75, 3.05) is 12.5 Å². The highest BCUT2D eigenvalue weighted by molar-refractivity contribution is 5.88. The van der Waals surface area contributed by atoms with Gasteiger partial charge in [0, 0.05) is 6.21 Å². The third kappa shape index (κ3) is 1.39. The second-order valence-corrected chi connectivity index (χ2v) is 2.10. The van der Waals surface area contributed by atoms with E-state index in [4.69, 9.17) is 11.3 Å². The number of nitrogens with one attached hydrogen (secondary N) is 2. The molecule has 0 radical (unpaired) electrons. The average Bonchev–Trinajstić information content (AvgIpc) is 2.16. The average molecular weight is 167 g/mol. The van der Waals surface area contributed by atoms with Crippen molar-refractivity contribution in [1.29, 1.82) is 5.41 Å². The van der Waals surface area contributed by atoms with Crippen molar-refractivity contribution in [2.45, 2.75) is 0 Å². The first-order valence-electron chi connectivity index (χ1n) is 3.45. The molecule has 1 heterocycles. The van der Waals surface area contributed by atoms with Crippen LogP contribution in [0.1, 0.15) is 5.56 Å². The number of quaternary nitrogens is 1. The van der Waals surface area contributed by atoms with E-state index in [2.05, 4.69) is 15.4 Å². The predicted octanol–water partition coefficient (Wildman–Crippen LogP) is -1.42. The summed E-state index contributed by atoms with van der Waals surface area (Å²) in [7, 11) is 1.84. The van der Waals surface area contributed by atoms with Gasteiger partial charge in [0.05, 0.1) is 7.05 Å². The van der Waals surface area contributed by atoms with Crippen molar-refractivity contribution in [3.63, 3.8) is 0 Å². The largest absolute Gasteiger partial charge is 0.308 e. The summed E-state index contributed by atoms with van der Waals surface area (Å²) in [4.78, 5) is 7.82. The molecular formula is C6H11N6+. The smallest absolute Gasteiger partial charge is 0.238 e. The third-order valence-corrected chi connectivity index (χ3v) is 1.47. The van der Waals surface area contributed by atoms with Crippen LogP contribution in [-0.4, -0.2) is 23.2 Å². The van der Waals surface area contributed by atoms with Crippen LogP contribution in [0.25, 0.3) is 0 Å². The maximum Gasteiger partial charge on any atom is 0.238 e. The number of hydrazine groups is 1. The van der Waals surface area contributed by atoms with Gasteiger partial charge in [0.1, 0.15) is 11.9 Å². The molecular weight excluding hydrogens is 156 g/mol.